The van der Waals surface area contributed by atoms with Gasteiger partial charge in [-0.3, -0.25) is 53.0 Å². The zero-order valence-electron chi connectivity index (χ0n) is 45.8. The van der Waals surface area contributed by atoms with E-state index in [1.165, 1.54) is 24.2 Å². The fraction of sp³-hybridized carbons (Fsp3) is 0.696. The third-order valence-electron chi connectivity index (χ3n) is 15.1. The predicted octanol–water partition coefficient (Wildman–Crippen LogP) is 5.35. The molecule has 0 bridgehead atoms. The van der Waals surface area contributed by atoms with Crippen molar-refractivity contribution in [3.8, 4) is 0 Å². The summed E-state index contributed by atoms with van der Waals surface area (Å²) in [7, 11) is 6.66. The average Bonchev–Trinajstić information content (AvgIpc) is 3.97. The van der Waals surface area contributed by atoms with Crippen LogP contribution in [0.4, 0.5) is 0 Å². The molecule has 2 aliphatic rings. The summed E-state index contributed by atoms with van der Waals surface area (Å²) >= 11 is 0. The SMILES string of the molecule is CC[C@H](C)[C@@H]([C@@H](CC(=O)N1CCC[C@H]1[C@H](OC)[C@@H](C)C(=O)C[C@@H](Cc1ccccc1)C(N)=O)OC)N(C)C(=O)[C@@H](CC(=O)[C@H](C(C)C)N(C)CCCC(=O)CNC(=O)CCCCCN1C(=O)C=CC1=O)C(C)C. The number of methoxy groups -OCH3 is 2. The summed E-state index contributed by atoms with van der Waals surface area (Å²) in [6.07, 6.45) is 6.23. The third kappa shape index (κ3) is 18.6. The molecule has 0 aromatic heterocycles. The maximum atomic E-state index is 14.7. The maximum absolute atomic E-state index is 14.7. The Kier molecular flexibility index (Phi) is 26.3. The number of likely N-dealkylation sites (tertiary alicyclic amines) is 1. The van der Waals surface area contributed by atoms with Crippen LogP contribution in [-0.4, -0.2) is 157 Å². The molecule has 9 atom stereocenters. The van der Waals surface area contributed by atoms with E-state index in [0.29, 0.717) is 71.0 Å². The highest BCUT2D eigenvalue weighted by molar-refractivity contribution is 6.12. The van der Waals surface area contributed by atoms with Crippen LogP contribution >= 0.6 is 0 Å². The molecule has 73 heavy (non-hydrogen) atoms. The van der Waals surface area contributed by atoms with Gasteiger partial charge in [0.15, 0.2) is 11.6 Å². The first-order valence-electron chi connectivity index (χ1n) is 26.6. The number of nitrogens with two attached hydrogens (primary N) is 1. The summed E-state index contributed by atoms with van der Waals surface area (Å²) in [4.78, 5) is 125. The standard InChI is InChI=1S/C56H88N6O11/c1-12-38(6)53(47(72-10)34-51(69)61-30-20-24-44(61)54(73-11)39(7)45(64)32-41(55(57)70)31-40-21-15-13-16-22-40)60(9)56(71)43(36(2)3)33-46(65)52(37(4)5)59(8)28-19-23-42(63)35-58-48(66)25-17-14-18-29-62-49(67)26-27-50(62)68/h13,15-16,21-22,26-27,36-39,41,43-44,47,52-54H,12,14,17-20,23-25,28-35H2,1-11H3,(H2,57,70)(H,58,66)/t38-,39-,41+,43-,44-,47+,52-,53-,54+/m0/s1. The van der Waals surface area contributed by atoms with Crippen molar-refractivity contribution in [1.82, 2.24) is 24.9 Å². The number of hydrogen-bond acceptors (Lipinski definition) is 12. The van der Waals surface area contributed by atoms with Crippen molar-refractivity contribution in [2.45, 2.75) is 162 Å². The van der Waals surface area contributed by atoms with Crippen LogP contribution in [0, 0.1) is 35.5 Å². The average molecular weight is 1020 g/mol. The first-order valence-corrected chi connectivity index (χ1v) is 26.6. The van der Waals surface area contributed by atoms with E-state index >= 15 is 0 Å². The lowest BCUT2D eigenvalue weighted by atomic mass is 9.83. The highest BCUT2D eigenvalue weighted by Gasteiger charge is 2.43. The fourth-order valence-corrected chi connectivity index (χ4v) is 10.7. The van der Waals surface area contributed by atoms with Crippen molar-refractivity contribution in [1.29, 1.82) is 0 Å². The second-order valence-electron chi connectivity index (χ2n) is 21.1. The summed E-state index contributed by atoms with van der Waals surface area (Å²) in [6.45, 7) is 14.8. The molecular formula is C56H88N6O11. The lowest BCUT2D eigenvalue weighted by Crippen LogP contribution is -2.54. The van der Waals surface area contributed by atoms with Gasteiger partial charge in [0.1, 0.15) is 5.78 Å². The number of primary amides is 1. The largest absolute Gasteiger partial charge is 0.379 e. The molecule has 1 saturated heterocycles. The summed E-state index contributed by atoms with van der Waals surface area (Å²) in [5.41, 5.74) is 6.68. The molecule has 17 heteroatoms. The van der Waals surface area contributed by atoms with Crippen LogP contribution in [0.5, 0.6) is 0 Å². The molecule has 0 spiro atoms. The quantitative estimate of drug-likeness (QED) is 0.0649. The zero-order chi connectivity index (χ0) is 54.5. The van der Waals surface area contributed by atoms with Crippen LogP contribution in [0.15, 0.2) is 42.5 Å². The molecule has 0 unspecified atom stereocenters. The minimum absolute atomic E-state index is 0.00567. The molecule has 0 saturated carbocycles. The number of carbonyl (C=O) groups is 9. The summed E-state index contributed by atoms with van der Waals surface area (Å²) in [6, 6.07) is 8.02. The number of hydrogen-bond donors (Lipinski definition) is 2. The molecule has 1 fully saturated rings. The number of rotatable bonds is 35. The Morgan fingerprint density at radius 1 is 0.808 bits per heavy atom. The molecule has 3 rings (SSSR count). The molecule has 2 aliphatic heterocycles. The second-order valence-corrected chi connectivity index (χ2v) is 21.1. The molecule has 0 aliphatic carbocycles. The van der Waals surface area contributed by atoms with Gasteiger partial charge in [0.25, 0.3) is 11.8 Å². The summed E-state index contributed by atoms with van der Waals surface area (Å²) in [5, 5.41) is 2.68. The number of amides is 6. The van der Waals surface area contributed by atoms with E-state index in [4.69, 9.17) is 15.2 Å². The topological polar surface area (TPSA) is 223 Å². The van der Waals surface area contributed by atoms with Gasteiger partial charge in [-0.1, -0.05) is 91.6 Å². The van der Waals surface area contributed by atoms with E-state index in [0.717, 1.165) is 5.56 Å². The molecule has 408 valence electrons. The van der Waals surface area contributed by atoms with Crippen molar-refractivity contribution < 1.29 is 52.6 Å². The number of imide groups is 1. The van der Waals surface area contributed by atoms with Gasteiger partial charge in [0.05, 0.1) is 43.3 Å². The lowest BCUT2D eigenvalue weighted by Gasteiger charge is -2.41. The number of unbranched alkanes of at least 4 members (excludes halogenated alkanes) is 2. The number of nitrogens with zero attached hydrogens (tertiary/aromatic N) is 4. The van der Waals surface area contributed by atoms with E-state index in [-0.39, 0.29) is 103 Å². The van der Waals surface area contributed by atoms with Crippen molar-refractivity contribution in [3.63, 3.8) is 0 Å². The van der Waals surface area contributed by atoms with Crippen LogP contribution in [0.3, 0.4) is 0 Å². The monoisotopic (exact) mass is 1020 g/mol. The Balaban J connectivity index is 1.60. The Morgan fingerprint density at radius 2 is 1.47 bits per heavy atom. The fourth-order valence-electron chi connectivity index (χ4n) is 10.7. The van der Waals surface area contributed by atoms with Crippen LogP contribution < -0.4 is 11.1 Å². The number of ether oxygens (including phenoxy) is 2. The first kappa shape index (κ1) is 62.2. The zero-order valence-corrected chi connectivity index (χ0v) is 45.8. The molecule has 1 aromatic carbocycles. The second kappa shape index (κ2) is 30.9. The van der Waals surface area contributed by atoms with E-state index in [9.17, 15) is 43.2 Å². The molecule has 17 nitrogen and oxygen atoms in total. The first-order chi connectivity index (χ1) is 34.6. The number of carbonyl (C=O) groups excluding carboxylic acids is 9. The normalized spacial score (nSPS) is 18.1. The van der Waals surface area contributed by atoms with Crippen molar-refractivity contribution in [2.75, 3.05) is 54.5 Å². The summed E-state index contributed by atoms with van der Waals surface area (Å²) in [5.74, 6) is -4.51. The third-order valence-corrected chi connectivity index (χ3v) is 15.1. The van der Waals surface area contributed by atoms with Crippen LogP contribution in [0.1, 0.15) is 131 Å². The van der Waals surface area contributed by atoms with Crippen LogP contribution in [0.2, 0.25) is 0 Å². The molecule has 2 heterocycles. The minimum Gasteiger partial charge on any atom is -0.379 e. The van der Waals surface area contributed by atoms with E-state index in [1.807, 2.05) is 83.8 Å². The van der Waals surface area contributed by atoms with Gasteiger partial charge in [-0.05, 0) is 75.4 Å². The number of likely N-dealkylation sites (N-methyl/N-ethyl adjacent to an activating group) is 2. The Bertz CT molecular complexity index is 2030. The highest BCUT2D eigenvalue weighted by atomic mass is 16.5. The number of benzene rings is 1. The van der Waals surface area contributed by atoms with Gasteiger partial charge in [-0.2, -0.15) is 0 Å². The minimum atomic E-state index is -0.685. The van der Waals surface area contributed by atoms with Crippen LogP contribution in [0.25, 0.3) is 0 Å². The van der Waals surface area contributed by atoms with E-state index in [1.54, 1.807) is 30.9 Å². The molecule has 6 amide bonds. The Labute approximate surface area is 435 Å². The molecule has 3 N–H and O–H groups in total. The highest BCUT2D eigenvalue weighted by Crippen LogP contribution is 2.32. The lowest BCUT2D eigenvalue weighted by molar-refractivity contribution is -0.149. The number of ketones is 3. The Hall–Kier alpha value is -5.13. The predicted molar refractivity (Wildman–Crippen MR) is 279 cm³/mol. The van der Waals surface area contributed by atoms with Gasteiger partial charge >= 0.3 is 0 Å². The van der Waals surface area contributed by atoms with Crippen molar-refractivity contribution >= 4 is 52.8 Å². The van der Waals surface area contributed by atoms with Gasteiger partial charge < -0.3 is 30.3 Å². The van der Waals surface area contributed by atoms with E-state index < -0.39 is 54.0 Å². The smallest absolute Gasteiger partial charge is 0.253 e. The van der Waals surface area contributed by atoms with Crippen molar-refractivity contribution in [3.05, 3.63) is 48.0 Å². The van der Waals surface area contributed by atoms with Gasteiger partial charge in [0, 0.05) is 89.9 Å². The molecule has 1 aromatic rings. The summed E-state index contributed by atoms with van der Waals surface area (Å²) < 4.78 is 12.1. The van der Waals surface area contributed by atoms with E-state index in [2.05, 4.69) is 5.32 Å². The van der Waals surface area contributed by atoms with Crippen LogP contribution in [-0.2, 0) is 59.0 Å². The van der Waals surface area contributed by atoms with Gasteiger partial charge in [0.2, 0.25) is 23.6 Å². The number of Topliss-reactive ketones (excluding diaryl/α,β-unsaturated/α-hetero) is 3. The van der Waals surface area contributed by atoms with Crippen molar-refractivity contribution in [2.24, 2.45) is 41.2 Å². The van der Waals surface area contributed by atoms with Gasteiger partial charge in [-0.25, -0.2) is 0 Å². The molecule has 0 radical (unpaired) electrons. The van der Waals surface area contributed by atoms with Gasteiger partial charge in [-0.15, -0.1) is 0 Å². The maximum Gasteiger partial charge on any atom is 0.253 e. The molecular weight excluding hydrogens is 933 g/mol. The number of nitrogens with one attached hydrogen (secondary N) is 1. The Morgan fingerprint density at radius 3 is 2.04 bits per heavy atom.